The Hall–Kier alpha value is -2.64. The molecule has 30 heavy (non-hydrogen) atoms. The van der Waals surface area contributed by atoms with Gasteiger partial charge in [-0.1, -0.05) is 0 Å². The summed E-state index contributed by atoms with van der Waals surface area (Å²) in [7, 11) is 2.08. The largest absolute Gasteiger partial charge is 0.370 e. The minimum Gasteiger partial charge on any atom is -0.370 e. The second kappa shape index (κ2) is 8.24. The number of piperazine rings is 1. The molecule has 0 unspecified atom stereocenters. The molecule has 158 valence electrons. The molecule has 0 atom stereocenters. The van der Waals surface area contributed by atoms with Crippen LogP contribution in [0.1, 0.15) is 18.5 Å². The molecule has 0 aromatic carbocycles. The van der Waals surface area contributed by atoms with Crippen molar-refractivity contribution >= 4 is 28.2 Å². The number of nitrogens with zero attached hydrogens (tertiary/aromatic N) is 5. The number of hydrogen-bond acceptors (Lipinski definition) is 6. The second-order valence-corrected chi connectivity index (χ2v) is 8.50. The van der Waals surface area contributed by atoms with E-state index < -0.39 is 0 Å². The molecule has 0 amide bonds. The van der Waals surface area contributed by atoms with Crippen molar-refractivity contribution in [3.05, 3.63) is 42.4 Å². The van der Waals surface area contributed by atoms with Crippen LogP contribution >= 0.6 is 0 Å². The number of hydrogen-bond donors (Lipinski definition) is 2. The van der Waals surface area contributed by atoms with Crippen LogP contribution in [0.15, 0.2) is 36.7 Å². The minimum absolute atomic E-state index is 0.736. The zero-order chi connectivity index (χ0) is 20.5. The topological polar surface area (TPSA) is 61.3 Å². The molecule has 0 spiro atoms. The fourth-order valence-corrected chi connectivity index (χ4v) is 4.75. The van der Waals surface area contributed by atoms with Crippen LogP contribution in [0, 0.1) is 6.92 Å². The maximum atomic E-state index is 4.65. The Bertz CT molecular complexity index is 996. The standard InChI is InChI=1S/C23H31N7/c1-17-13-18-15-25-23(14-21(18)28(17)2)27-22-4-3-20(16-26-22)29-9-5-19(6-10-29)30-11-7-24-8-12-30/h3-4,13-16,19,24H,5-12H2,1-2H3,(H,25,26,27). The number of pyridine rings is 2. The molecule has 5 heterocycles. The Labute approximate surface area is 178 Å². The highest BCUT2D eigenvalue weighted by Crippen LogP contribution is 2.25. The van der Waals surface area contributed by atoms with Crippen molar-refractivity contribution in [3.63, 3.8) is 0 Å². The van der Waals surface area contributed by atoms with Crippen molar-refractivity contribution in [2.24, 2.45) is 7.05 Å². The average molecular weight is 406 g/mol. The van der Waals surface area contributed by atoms with Gasteiger partial charge >= 0.3 is 0 Å². The lowest BCUT2D eigenvalue weighted by molar-refractivity contribution is 0.150. The van der Waals surface area contributed by atoms with Gasteiger partial charge in [0.05, 0.1) is 17.4 Å². The summed E-state index contributed by atoms with van der Waals surface area (Å²) in [6.07, 6.45) is 6.38. The molecule has 2 aliphatic heterocycles. The molecule has 2 saturated heterocycles. The maximum absolute atomic E-state index is 4.65. The number of aryl methyl sites for hydroxylation is 2. The molecule has 2 fully saturated rings. The van der Waals surface area contributed by atoms with E-state index in [0.29, 0.717) is 0 Å². The van der Waals surface area contributed by atoms with Crippen molar-refractivity contribution in [2.45, 2.75) is 25.8 Å². The van der Waals surface area contributed by atoms with E-state index in [9.17, 15) is 0 Å². The summed E-state index contributed by atoms with van der Waals surface area (Å²) in [5.74, 6) is 1.65. The van der Waals surface area contributed by atoms with Crippen molar-refractivity contribution in [3.8, 4) is 0 Å². The third-order valence-corrected chi connectivity index (χ3v) is 6.67. The van der Waals surface area contributed by atoms with Gasteiger partial charge in [0, 0.05) is 75.7 Å². The number of piperidine rings is 1. The van der Waals surface area contributed by atoms with Crippen LogP contribution in [0.25, 0.3) is 10.9 Å². The van der Waals surface area contributed by atoms with Gasteiger partial charge in [0.25, 0.3) is 0 Å². The normalized spacial score (nSPS) is 18.8. The van der Waals surface area contributed by atoms with E-state index in [4.69, 9.17) is 0 Å². The number of fused-ring (bicyclic) bond motifs is 1. The van der Waals surface area contributed by atoms with Crippen molar-refractivity contribution in [2.75, 3.05) is 49.5 Å². The van der Waals surface area contributed by atoms with E-state index in [0.717, 1.165) is 49.2 Å². The number of rotatable bonds is 4. The highest BCUT2D eigenvalue weighted by atomic mass is 15.2. The predicted octanol–water partition coefficient (Wildman–Crippen LogP) is 2.89. The highest BCUT2D eigenvalue weighted by molar-refractivity contribution is 5.83. The molecule has 2 N–H and O–H groups in total. The third-order valence-electron chi connectivity index (χ3n) is 6.67. The third kappa shape index (κ3) is 3.87. The molecule has 7 nitrogen and oxygen atoms in total. The predicted molar refractivity (Wildman–Crippen MR) is 123 cm³/mol. The van der Waals surface area contributed by atoms with E-state index in [1.165, 1.54) is 42.8 Å². The Morgan fingerprint density at radius 3 is 2.47 bits per heavy atom. The van der Waals surface area contributed by atoms with Gasteiger partial charge in [-0.15, -0.1) is 0 Å². The summed E-state index contributed by atoms with van der Waals surface area (Å²) in [4.78, 5) is 14.3. The summed E-state index contributed by atoms with van der Waals surface area (Å²) < 4.78 is 2.18. The number of anilines is 3. The molecule has 3 aromatic heterocycles. The van der Waals surface area contributed by atoms with Crippen molar-refractivity contribution in [1.82, 2.24) is 24.8 Å². The SMILES string of the molecule is Cc1cc2cnc(Nc3ccc(N4CCC(N5CCNCC5)CC4)cn3)cc2n1C. The van der Waals surface area contributed by atoms with Crippen LogP contribution in [-0.4, -0.2) is 64.7 Å². The highest BCUT2D eigenvalue weighted by Gasteiger charge is 2.25. The first-order valence-electron chi connectivity index (χ1n) is 11.0. The summed E-state index contributed by atoms with van der Waals surface area (Å²) >= 11 is 0. The molecular formula is C23H31N7. The summed E-state index contributed by atoms with van der Waals surface area (Å²) in [6, 6.07) is 9.20. The van der Waals surface area contributed by atoms with E-state index in [-0.39, 0.29) is 0 Å². The fraction of sp³-hybridized carbons (Fsp3) is 0.478. The van der Waals surface area contributed by atoms with Crippen molar-refractivity contribution < 1.29 is 0 Å². The first kappa shape index (κ1) is 19.3. The molecule has 0 aliphatic carbocycles. The number of nitrogens with one attached hydrogen (secondary N) is 2. The van der Waals surface area contributed by atoms with Crippen molar-refractivity contribution in [1.29, 1.82) is 0 Å². The van der Waals surface area contributed by atoms with Gasteiger partial charge < -0.3 is 20.1 Å². The van der Waals surface area contributed by atoms with E-state index >= 15 is 0 Å². The van der Waals surface area contributed by atoms with Gasteiger partial charge in [0.1, 0.15) is 11.6 Å². The Morgan fingerprint density at radius 2 is 1.73 bits per heavy atom. The molecular weight excluding hydrogens is 374 g/mol. The first-order valence-corrected chi connectivity index (χ1v) is 11.0. The van der Waals surface area contributed by atoms with Crippen LogP contribution in [0.5, 0.6) is 0 Å². The quantitative estimate of drug-likeness (QED) is 0.696. The molecule has 7 heteroatoms. The summed E-state index contributed by atoms with van der Waals surface area (Å²) in [5, 5.41) is 7.96. The second-order valence-electron chi connectivity index (χ2n) is 8.50. The van der Waals surface area contributed by atoms with Gasteiger partial charge in [0.2, 0.25) is 0 Å². The lowest BCUT2D eigenvalue weighted by atomic mass is 10.0. The zero-order valence-electron chi connectivity index (χ0n) is 17.9. The van der Waals surface area contributed by atoms with Crippen LogP contribution in [0.2, 0.25) is 0 Å². The van der Waals surface area contributed by atoms with E-state index in [2.05, 4.69) is 73.2 Å². The van der Waals surface area contributed by atoms with E-state index in [1.54, 1.807) is 0 Å². The summed E-state index contributed by atoms with van der Waals surface area (Å²) in [6.45, 7) is 8.96. The van der Waals surface area contributed by atoms with E-state index in [1.807, 2.05) is 12.4 Å². The van der Waals surface area contributed by atoms with Crippen LogP contribution in [-0.2, 0) is 7.05 Å². The Balaban J connectivity index is 1.21. The zero-order valence-corrected chi connectivity index (χ0v) is 17.9. The van der Waals surface area contributed by atoms with Gasteiger partial charge in [-0.25, -0.2) is 9.97 Å². The maximum Gasteiger partial charge on any atom is 0.133 e. The average Bonchev–Trinajstić information content (AvgIpc) is 3.08. The van der Waals surface area contributed by atoms with Crippen LogP contribution < -0.4 is 15.5 Å². The van der Waals surface area contributed by atoms with Crippen LogP contribution in [0.4, 0.5) is 17.3 Å². The van der Waals surface area contributed by atoms with Gasteiger partial charge in [-0.3, -0.25) is 4.90 Å². The monoisotopic (exact) mass is 405 g/mol. The Kier molecular flexibility index (Phi) is 5.31. The molecule has 0 radical (unpaired) electrons. The number of aromatic nitrogens is 3. The lowest BCUT2D eigenvalue weighted by Crippen LogP contribution is -2.52. The van der Waals surface area contributed by atoms with Gasteiger partial charge in [-0.05, 0) is 38.0 Å². The smallest absolute Gasteiger partial charge is 0.133 e. The van der Waals surface area contributed by atoms with Gasteiger partial charge in [-0.2, -0.15) is 0 Å². The molecule has 0 bridgehead atoms. The Morgan fingerprint density at radius 1 is 0.967 bits per heavy atom. The molecule has 0 saturated carbocycles. The van der Waals surface area contributed by atoms with Crippen LogP contribution in [0.3, 0.4) is 0 Å². The van der Waals surface area contributed by atoms with Gasteiger partial charge in [0.15, 0.2) is 0 Å². The minimum atomic E-state index is 0.736. The lowest BCUT2D eigenvalue weighted by Gasteiger charge is -2.41. The molecule has 3 aromatic rings. The fourth-order valence-electron chi connectivity index (χ4n) is 4.75. The summed E-state index contributed by atoms with van der Waals surface area (Å²) in [5.41, 5.74) is 3.61. The first-order chi connectivity index (χ1) is 14.7. The molecule has 2 aliphatic rings. The molecule has 5 rings (SSSR count).